The van der Waals surface area contributed by atoms with Gasteiger partial charge < -0.3 is 14.5 Å². The van der Waals surface area contributed by atoms with Crippen molar-refractivity contribution in [1.29, 1.82) is 0 Å². The Morgan fingerprint density at radius 3 is 2.66 bits per heavy atom. The van der Waals surface area contributed by atoms with E-state index in [1.807, 2.05) is 19.1 Å². The Bertz CT molecular complexity index is 1130. The first-order chi connectivity index (χ1) is 15.2. The number of Topliss-reactive ketones (excluding diaryl/α,β-unsaturated/α-hetero) is 1. The molecular weight excluding hydrogens is 430 g/mol. The second-order valence-electron chi connectivity index (χ2n) is 9.16. The van der Waals surface area contributed by atoms with Crippen LogP contribution in [0.2, 0.25) is 5.02 Å². The number of hydrogen-bond donors (Lipinski definition) is 0. The largest absolute Gasteiger partial charge is 0.486 e. The molecule has 1 saturated heterocycles. The number of rotatable bonds is 1. The van der Waals surface area contributed by atoms with Gasteiger partial charge in [-0.2, -0.15) is 4.99 Å². The molecular formula is C24H24ClN3O4. The molecule has 1 aromatic rings. The van der Waals surface area contributed by atoms with Gasteiger partial charge in [0.25, 0.3) is 5.91 Å². The maximum absolute atomic E-state index is 13.6. The molecule has 4 aliphatic heterocycles. The van der Waals surface area contributed by atoms with Crippen LogP contribution in [-0.2, 0) is 9.59 Å². The molecule has 32 heavy (non-hydrogen) atoms. The van der Waals surface area contributed by atoms with Crippen molar-refractivity contribution in [2.45, 2.75) is 50.7 Å². The van der Waals surface area contributed by atoms with Crippen LogP contribution in [0, 0.1) is 6.92 Å². The van der Waals surface area contributed by atoms with Gasteiger partial charge in [0.15, 0.2) is 5.78 Å². The number of piperidine rings is 1. The number of carbonyl (C=O) groups excluding carboxylic acids is 3. The van der Waals surface area contributed by atoms with Crippen molar-refractivity contribution in [2.24, 2.45) is 4.99 Å². The second-order valence-corrected chi connectivity index (χ2v) is 9.57. The van der Waals surface area contributed by atoms with E-state index in [1.165, 1.54) is 0 Å². The summed E-state index contributed by atoms with van der Waals surface area (Å²) < 4.78 is 6.35. The number of carbonyl (C=O) groups is 3. The molecule has 4 heterocycles. The van der Waals surface area contributed by atoms with Gasteiger partial charge in [-0.05, 0) is 43.7 Å². The molecule has 2 amide bonds. The lowest BCUT2D eigenvalue weighted by molar-refractivity contribution is -0.147. The lowest BCUT2D eigenvalue weighted by Crippen LogP contribution is -2.63. The highest BCUT2D eigenvalue weighted by molar-refractivity contribution is 6.31. The molecule has 0 bridgehead atoms. The van der Waals surface area contributed by atoms with Crippen molar-refractivity contribution < 1.29 is 19.1 Å². The Kier molecular flexibility index (Phi) is 4.78. The third-order valence-corrected chi connectivity index (χ3v) is 7.31. The van der Waals surface area contributed by atoms with Crippen LogP contribution in [0.5, 0.6) is 5.75 Å². The fraction of sp³-hybridized carbons (Fsp3) is 0.417. The molecule has 4 aliphatic rings. The summed E-state index contributed by atoms with van der Waals surface area (Å²) in [6, 6.07) is 3.50. The van der Waals surface area contributed by atoms with Crippen LogP contribution in [0.25, 0.3) is 0 Å². The third kappa shape index (κ3) is 3.26. The number of ketones is 1. The summed E-state index contributed by atoms with van der Waals surface area (Å²) in [6.07, 6.45) is 8.55. The van der Waals surface area contributed by atoms with E-state index in [4.69, 9.17) is 16.3 Å². The zero-order valence-electron chi connectivity index (χ0n) is 18.1. The van der Waals surface area contributed by atoms with Gasteiger partial charge in [-0.15, -0.1) is 0 Å². The van der Waals surface area contributed by atoms with Crippen LogP contribution < -0.4 is 4.74 Å². The van der Waals surface area contributed by atoms with Crippen molar-refractivity contribution >= 4 is 35.0 Å². The molecule has 1 fully saturated rings. The summed E-state index contributed by atoms with van der Waals surface area (Å²) in [6.45, 7) is 4.58. The summed E-state index contributed by atoms with van der Waals surface area (Å²) in [7, 11) is 0. The number of hydrogen-bond acceptors (Lipinski definition) is 5. The third-order valence-electron chi connectivity index (χ3n) is 6.90. The zero-order valence-corrected chi connectivity index (χ0v) is 18.8. The topological polar surface area (TPSA) is 79.3 Å². The highest BCUT2D eigenvalue weighted by atomic mass is 35.5. The number of amidine groups is 1. The lowest BCUT2D eigenvalue weighted by Gasteiger charge is -2.48. The number of fused-ring (bicyclic) bond motifs is 2. The maximum atomic E-state index is 13.6. The van der Waals surface area contributed by atoms with Crippen LogP contribution in [0.4, 0.5) is 0 Å². The minimum Gasteiger partial charge on any atom is -0.486 e. The minimum absolute atomic E-state index is 0.0175. The standard InChI is InChI=1S/C24H24ClN3O4/c1-15-11-19-16(12-17(15)25)18(29)13-24(32-19)6-9-27(10-7-24)22(31)23(2)14-21(30)26-20-5-3-4-8-28(20)23/h3-5,8,11-12H,6-7,9-10,13-14H2,1-2H3. The Balaban J connectivity index is 1.34. The molecule has 1 atom stereocenters. The molecule has 1 unspecified atom stereocenters. The highest BCUT2D eigenvalue weighted by Crippen LogP contribution is 2.42. The van der Waals surface area contributed by atoms with Crippen LogP contribution in [0.15, 0.2) is 41.6 Å². The maximum Gasteiger partial charge on any atom is 0.250 e. The van der Waals surface area contributed by atoms with Gasteiger partial charge in [-0.1, -0.05) is 17.7 Å². The Labute approximate surface area is 191 Å². The summed E-state index contributed by atoms with van der Waals surface area (Å²) in [5.41, 5.74) is -0.261. The lowest BCUT2D eigenvalue weighted by atomic mass is 9.81. The van der Waals surface area contributed by atoms with Crippen molar-refractivity contribution in [1.82, 2.24) is 9.80 Å². The Morgan fingerprint density at radius 1 is 1.16 bits per heavy atom. The van der Waals surface area contributed by atoms with Gasteiger partial charge >= 0.3 is 0 Å². The average Bonchev–Trinajstić information content (AvgIpc) is 2.75. The van der Waals surface area contributed by atoms with Gasteiger partial charge in [0.2, 0.25) is 5.91 Å². The van der Waals surface area contributed by atoms with Gasteiger partial charge in [0, 0.05) is 37.2 Å². The number of nitrogens with zero attached hydrogens (tertiary/aromatic N) is 3. The number of allylic oxidation sites excluding steroid dienone is 2. The second kappa shape index (κ2) is 7.30. The van der Waals surface area contributed by atoms with Gasteiger partial charge in [-0.3, -0.25) is 14.4 Å². The fourth-order valence-electron chi connectivity index (χ4n) is 5.02. The van der Waals surface area contributed by atoms with Gasteiger partial charge in [-0.25, -0.2) is 0 Å². The average molecular weight is 454 g/mol. The van der Waals surface area contributed by atoms with E-state index in [1.54, 1.807) is 41.1 Å². The monoisotopic (exact) mass is 453 g/mol. The number of amides is 2. The van der Waals surface area contributed by atoms with E-state index in [0.717, 1.165) is 5.56 Å². The molecule has 0 radical (unpaired) electrons. The van der Waals surface area contributed by atoms with Gasteiger partial charge in [0.05, 0.1) is 18.4 Å². The number of benzene rings is 1. The Morgan fingerprint density at radius 2 is 1.91 bits per heavy atom. The molecule has 0 N–H and O–H groups in total. The minimum atomic E-state index is -1.02. The molecule has 0 aromatic heterocycles. The molecule has 0 saturated carbocycles. The van der Waals surface area contributed by atoms with Crippen LogP contribution >= 0.6 is 11.6 Å². The van der Waals surface area contributed by atoms with Gasteiger partial charge in [0.1, 0.15) is 22.7 Å². The number of aryl methyl sites for hydroxylation is 1. The SMILES string of the molecule is Cc1cc2c(cc1Cl)C(=O)CC1(CCN(C(=O)C3(C)CC(=O)N=C4C=CC=CN43)CC1)O2. The number of halogens is 1. The van der Waals surface area contributed by atoms with Crippen LogP contribution in [0.3, 0.4) is 0 Å². The van der Waals surface area contributed by atoms with Crippen molar-refractivity contribution in [2.75, 3.05) is 13.1 Å². The van der Waals surface area contributed by atoms with E-state index < -0.39 is 11.1 Å². The van der Waals surface area contributed by atoms with E-state index in [-0.39, 0.29) is 30.4 Å². The highest BCUT2D eigenvalue weighted by Gasteiger charge is 2.50. The first kappa shape index (κ1) is 20.9. The number of ether oxygens (including phenoxy) is 1. The van der Waals surface area contributed by atoms with Crippen LogP contribution in [0.1, 0.15) is 48.5 Å². The van der Waals surface area contributed by atoms with Crippen molar-refractivity contribution in [3.05, 3.63) is 52.7 Å². The molecule has 1 spiro atoms. The first-order valence-electron chi connectivity index (χ1n) is 10.8. The predicted molar refractivity (Wildman–Crippen MR) is 120 cm³/mol. The molecule has 0 aliphatic carbocycles. The van der Waals surface area contributed by atoms with Crippen LogP contribution in [-0.4, -0.2) is 57.5 Å². The molecule has 8 heteroatoms. The molecule has 166 valence electrons. The smallest absolute Gasteiger partial charge is 0.250 e. The van der Waals surface area contributed by atoms with E-state index in [0.29, 0.717) is 48.1 Å². The first-order valence-corrected chi connectivity index (χ1v) is 11.2. The number of likely N-dealkylation sites (tertiary alicyclic amines) is 1. The van der Waals surface area contributed by atoms with E-state index in [9.17, 15) is 14.4 Å². The molecule has 7 nitrogen and oxygen atoms in total. The number of aliphatic imine (C=N–C) groups is 1. The van der Waals surface area contributed by atoms with Crippen molar-refractivity contribution in [3.63, 3.8) is 0 Å². The predicted octanol–water partition coefficient (Wildman–Crippen LogP) is 3.45. The fourth-order valence-corrected chi connectivity index (χ4v) is 5.18. The summed E-state index contributed by atoms with van der Waals surface area (Å²) in [4.78, 5) is 46.3. The zero-order chi connectivity index (χ0) is 22.7. The van der Waals surface area contributed by atoms with E-state index in [2.05, 4.69) is 4.99 Å². The normalized spacial score (nSPS) is 25.9. The summed E-state index contributed by atoms with van der Waals surface area (Å²) in [5.74, 6) is 0.660. The summed E-state index contributed by atoms with van der Waals surface area (Å²) >= 11 is 6.19. The van der Waals surface area contributed by atoms with Crippen molar-refractivity contribution in [3.8, 4) is 5.75 Å². The van der Waals surface area contributed by atoms with E-state index >= 15 is 0 Å². The molecule has 1 aromatic carbocycles. The summed E-state index contributed by atoms with van der Waals surface area (Å²) in [5, 5.41) is 0.553. The Hall–Kier alpha value is -2.93. The molecule has 5 rings (SSSR count). The quantitative estimate of drug-likeness (QED) is 0.650.